The highest BCUT2D eigenvalue weighted by molar-refractivity contribution is 6.71. The summed E-state index contributed by atoms with van der Waals surface area (Å²) in [7, 11) is -4.22. The van der Waals surface area contributed by atoms with Gasteiger partial charge in [-0.05, 0) is 46.2 Å². The van der Waals surface area contributed by atoms with Crippen LogP contribution in [0.3, 0.4) is 0 Å². The van der Waals surface area contributed by atoms with Gasteiger partial charge in [-0.25, -0.2) is 4.79 Å². The number of hydroxylamine groups is 1. The van der Waals surface area contributed by atoms with Crippen LogP contribution in [0.5, 0.6) is 0 Å². The average Bonchev–Trinajstić information content (AvgIpc) is 2.28. The Morgan fingerprint density at radius 2 is 1.48 bits per heavy atom. The van der Waals surface area contributed by atoms with Gasteiger partial charge in [-0.3, -0.25) is 9.59 Å². The summed E-state index contributed by atoms with van der Waals surface area (Å²) in [6.07, 6.45) is -0.281. The highest BCUT2D eigenvalue weighted by atomic mass is 28.4. The lowest BCUT2D eigenvalue weighted by atomic mass is 10.2. The van der Waals surface area contributed by atoms with Crippen LogP contribution in [-0.4, -0.2) is 40.6 Å². The van der Waals surface area contributed by atoms with Crippen LogP contribution >= 0.6 is 0 Å². The van der Waals surface area contributed by atoms with Crippen molar-refractivity contribution >= 4 is 34.5 Å². The van der Waals surface area contributed by atoms with Gasteiger partial charge < -0.3 is 13.7 Å². The van der Waals surface area contributed by atoms with E-state index >= 15 is 0 Å². The van der Waals surface area contributed by atoms with E-state index in [1.165, 1.54) is 6.92 Å². The standard InChI is InChI=1S/C14H27NO6Si2/c1-10(2)13(17)19-15-11(14(18)21-23(6,7)8)9-12(16)20-22(3,4)5/h11,15H,1,9H2,2-8H3/t11-/m0/s1. The fourth-order valence-corrected chi connectivity index (χ4v) is 2.82. The monoisotopic (exact) mass is 361 g/mol. The molecule has 7 nitrogen and oxygen atoms in total. The van der Waals surface area contributed by atoms with Crippen LogP contribution in [0, 0.1) is 0 Å². The van der Waals surface area contributed by atoms with Crippen molar-refractivity contribution in [3.63, 3.8) is 0 Å². The first-order valence-electron chi connectivity index (χ1n) is 7.28. The largest absolute Gasteiger partial charge is 0.520 e. The van der Waals surface area contributed by atoms with Gasteiger partial charge >= 0.3 is 11.9 Å². The molecule has 0 aliphatic carbocycles. The molecule has 1 N–H and O–H groups in total. The van der Waals surface area contributed by atoms with E-state index in [2.05, 4.69) is 12.1 Å². The summed E-state index contributed by atoms with van der Waals surface area (Å²) in [5.41, 5.74) is 2.46. The minimum Gasteiger partial charge on any atom is -0.520 e. The van der Waals surface area contributed by atoms with Crippen molar-refractivity contribution < 1.29 is 28.1 Å². The van der Waals surface area contributed by atoms with Crippen molar-refractivity contribution in [3.05, 3.63) is 12.2 Å². The zero-order valence-corrected chi connectivity index (χ0v) is 16.9. The van der Waals surface area contributed by atoms with Crippen molar-refractivity contribution in [2.24, 2.45) is 0 Å². The van der Waals surface area contributed by atoms with Gasteiger partial charge in [0.25, 0.3) is 5.97 Å². The summed E-state index contributed by atoms with van der Waals surface area (Å²) in [4.78, 5) is 40.3. The lowest BCUT2D eigenvalue weighted by molar-refractivity contribution is -0.157. The Kier molecular flexibility index (Phi) is 7.88. The molecule has 9 heteroatoms. The van der Waals surface area contributed by atoms with Gasteiger partial charge in [0.05, 0.1) is 6.42 Å². The maximum absolute atomic E-state index is 12.2. The number of carbonyl (C=O) groups is 3. The summed E-state index contributed by atoms with van der Waals surface area (Å²) in [6, 6.07) is -1.12. The van der Waals surface area contributed by atoms with Gasteiger partial charge in [-0.15, -0.1) is 5.48 Å². The van der Waals surface area contributed by atoms with Crippen molar-refractivity contribution in [2.45, 2.75) is 58.7 Å². The molecule has 0 aliphatic heterocycles. The molecule has 0 rings (SSSR count). The fourth-order valence-electron chi connectivity index (χ4n) is 1.31. The molecule has 0 heterocycles. The highest BCUT2D eigenvalue weighted by Crippen LogP contribution is 2.10. The van der Waals surface area contributed by atoms with Crippen LogP contribution in [-0.2, 0) is 28.1 Å². The Morgan fingerprint density at radius 3 is 1.87 bits per heavy atom. The Balaban J connectivity index is 4.92. The van der Waals surface area contributed by atoms with Crippen LogP contribution in [0.1, 0.15) is 13.3 Å². The average molecular weight is 362 g/mol. The maximum Gasteiger partial charge on any atom is 0.351 e. The third-order valence-corrected chi connectivity index (χ3v) is 3.78. The summed E-state index contributed by atoms with van der Waals surface area (Å²) in [5.74, 6) is -1.90. The fraction of sp³-hybridized carbons (Fsp3) is 0.643. The first-order chi connectivity index (χ1) is 10.2. The van der Waals surface area contributed by atoms with Crippen LogP contribution in [0.25, 0.3) is 0 Å². The minimum atomic E-state index is -2.15. The normalized spacial score (nSPS) is 13.0. The smallest absolute Gasteiger partial charge is 0.351 e. The van der Waals surface area contributed by atoms with E-state index in [0.717, 1.165) is 0 Å². The zero-order valence-electron chi connectivity index (χ0n) is 14.9. The Bertz CT molecular complexity index is 479. The van der Waals surface area contributed by atoms with Gasteiger partial charge in [0, 0.05) is 5.57 Å². The van der Waals surface area contributed by atoms with Crippen LogP contribution in [0.4, 0.5) is 0 Å². The molecule has 0 bridgehead atoms. The maximum atomic E-state index is 12.2. The minimum absolute atomic E-state index is 0.166. The van der Waals surface area contributed by atoms with Crippen LogP contribution in [0.15, 0.2) is 12.2 Å². The molecule has 0 saturated carbocycles. The molecule has 0 radical (unpaired) electrons. The third-order valence-electron chi connectivity index (χ3n) is 2.12. The lowest BCUT2D eigenvalue weighted by Crippen LogP contribution is -2.45. The third kappa shape index (κ3) is 10.8. The van der Waals surface area contributed by atoms with E-state index in [0.29, 0.717) is 0 Å². The van der Waals surface area contributed by atoms with Gasteiger partial charge in [0.15, 0.2) is 0 Å². The predicted molar refractivity (Wildman–Crippen MR) is 91.3 cm³/mol. The van der Waals surface area contributed by atoms with Gasteiger partial charge in [-0.1, -0.05) is 6.58 Å². The number of carbonyl (C=O) groups excluding carboxylic acids is 3. The second-order valence-corrected chi connectivity index (χ2v) is 16.0. The molecule has 0 spiro atoms. The first-order valence-corrected chi connectivity index (χ1v) is 14.1. The molecule has 0 saturated heterocycles. The second kappa shape index (κ2) is 8.41. The molecule has 23 heavy (non-hydrogen) atoms. The molecule has 0 aromatic heterocycles. The van der Waals surface area contributed by atoms with Crippen LogP contribution < -0.4 is 5.48 Å². The summed E-state index contributed by atoms with van der Waals surface area (Å²) in [5, 5.41) is 0. The summed E-state index contributed by atoms with van der Waals surface area (Å²) < 4.78 is 10.7. The van der Waals surface area contributed by atoms with Crippen molar-refractivity contribution in [1.82, 2.24) is 5.48 Å². The predicted octanol–water partition coefficient (Wildman–Crippen LogP) is 2.13. The van der Waals surface area contributed by atoms with Crippen molar-refractivity contribution in [2.75, 3.05) is 0 Å². The molecule has 1 atom stereocenters. The molecule has 0 aromatic rings. The van der Waals surface area contributed by atoms with Crippen LogP contribution in [0.2, 0.25) is 39.3 Å². The number of hydrogen-bond donors (Lipinski definition) is 1. The molecular formula is C14H27NO6Si2. The Labute approximate surface area is 139 Å². The molecule has 0 aromatic carbocycles. The lowest BCUT2D eigenvalue weighted by Gasteiger charge is -2.24. The van der Waals surface area contributed by atoms with E-state index in [9.17, 15) is 14.4 Å². The molecule has 0 fully saturated rings. The van der Waals surface area contributed by atoms with E-state index in [1.54, 1.807) is 0 Å². The molecular weight excluding hydrogens is 334 g/mol. The number of nitrogens with one attached hydrogen (secondary N) is 1. The Hall–Kier alpha value is -1.46. The molecule has 0 unspecified atom stereocenters. The summed E-state index contributed by atoms with van der Waals surface area (Å²) in [6.45, 7) is 16.0. The number of rotatable bonds is 8. The summed E-state index contributed by atoms with van der Waals surface area (Å²) >= 11 is 0. The SMILES string of the molecule is C=C(C)C(=O)ON[C@@H](CC(=O)O[Si](C)(C)C)C(=O)O[Si](C)(C)C. The Morgan fingerprint density at radius 1 is 1.00 bits per heavy atom. The first kappa shape index (κ1) is 21.5. The van der Waals surface area contributed by atoms with E-state index < -0.39 is 40.6 Å². The van der Waals surface area contributed by atoms with Gasteiger partial charge in [-0.2, -0.15) is 0 Å². The quantitative estimate of drug-likeness (QED) is 0.402. The number of hydrogen-bond acceptors (Lipinski definition) is 7. The zero-order chi connectivity index (χ0) is 18.4. The van der Waals surface area contributed by atoms with E-state index in [4.69, 9.17) is 13.7 Å². The topological polar surface area (TPSA) is 90.9 Å². The molecule has 0 aliphatic rings. The molecule has 132 valence electrons. The van der Waals surface area contributed by atoms with E-state index in [1.807, 2.05) is 39.3 Å². The molecule has 0 amide bonds. The second-order valence-electron chi connectivity index (χ2n) is 7.16. The van der Waals surface area contributed by atoms with Crippen molar-refractivity contribution in [1.29, 1.82) is 0 Å². The highest BCUT2D eigenvalue weighted by Gasteiger charge is 2.31. The van der Waals surface area contributed by atoms with Gasteiger partial charge in [0.2, 0.25) is 16.6 Å². The van der Waals surface area contributed by atoms with Crippen molar-refractivity contribution in [3.8, 4) is 0 Å². The van der Waals surface area contributed by atoms with Gasteiger partial charge in [0.1, 0.15) is 6.04 Å². The van der Waals surface area contributed by atoms with E-state index in [-0.39, 0.29) is 12.0 Å².